The van der Waals surface area contributed by atoms with Gasteiger partial charge in [0, 0.05) is 22.5 Å². The van der Waals surface area contributed by atoms with E-state index in [-0.39, 0.29) is 30.4 Å². The molecule has 0 bridgehead atoms. The van der Waals surface area contributed by atoms with Gasteiger partial charge in [0.15, 0.2) is 0 Å². The summed E-state index contributed by atoms with van der Waals surface area (Å²) in [6.07, 6.45) is 3.67. The van der Waals surface area contributed by atoms with Crippen LogP contribution in [0, 0.1) is 5.92 Å². The smallest absolute Gasteiger partial charge is 0.220 e. The highest BCUT2D eigenvalue weighted by Crippen LogP contribution is 2.28. The Kier molecular flexibility index (Phi) is 7.28. The van der Waals surface area contributed by atoms with E-state index in [0.717, 1.165) is 24.8 Å². The summed E-state index contributed by atoms with van der Waals surface area (Å²) < 4.78 is 0. The van der Waals surface area contributed by atoms with Gasteiger partial charge in [-0.2, -0.15) is 0 Å². The van der Waals surface area contributed by atoms with Gasteiger partial charge in [0.2, 0.25) is 5.91 Å². The van der Waals surface area contributed by atoms with E-state index >= 15 is 0 Å². The summed E-state index contributed by atoms with van der Waals surface area (Å²) in [4.78, 5) is 12.1. The Balaban J connectivity index is 0.00000220. The zero-order chi connectivity index (χ0) is 14.7. The molecule has 0 aliphatic heterocycles. The predicted octanol–water partition coefficient (Wildman–Crippen LogP) is 4.11. The van der Waals surface area contributed by atoms with Gasteiger partial charge in [0.05, 0.1) is 6.04 Å². The average molecular weight is 352 g/mol. The number of benzene rings is 1. The van der Waals surface area contributed by atoms with Crippen molar-refractivity contribution in [1.82, 2.24) is 5.32 Å². The normalized spacial score (nSPS) is 22.5. The Morgan fingerprint density at radius 2 is 2.14 bits per heavy atom. The third-order valence-corrected chi connectivity index (χ3v) is 4.55. The predicted molar refractivity (Wildman–Crippen MR) is 90.2 cm³/mol. The van der Waals surface area contributed by atoms with E-state index in [1.165, 1.54) is 0 Å². The van der Waals surface area contributed by atoms with Crippen LogP contribution in [0.25, 0.3) is 0 Å². The molecule has 1 aliphatic carbocycles. The number of nitrogens with two attached hydrogens (primary N) is 1. The number of halogens is 3. The van der Waals surface area contributed by atoms with Crippen LogP contribution in [0.2, 0.25) is 10.0 Å². The largest absolute Gasteiger partial charge is 0.350 e. The monoisotopic (exact) mass is 350 g/mol. The minimum atomic E-state index is -0.161. The van der Waals surface area contributed by atoms with Crippen molar-refractivity contribution in [2.75, 3.05) is 0 Å². The summed E-state index contributed by atoms with van der Waals surface area (Å²) in [5, 5.41) is 4.20. The Morgan fingerprint density at radius 3 is 2.76 bits per heavy atom. The van der Waals surface area contributed by atoms with Gasteiger partial charge >= 0.3 is 0 Å². The Hall–Kier alpha value is -0.480. The molecule has 1 aliphatic rings. The van der Waals surface area contributed by atoms with Crippen molar-refractivity contribution in [3.8, 4) is 0 Å². The molecule has 3 N–H and O–H groups in total. The van der Waals surface area contributed by atoms with Crippen LogP contribution in [0.15, 0.2) is 18.2 Å². The minimum absolute atomic E-state index is 0. The van der Waals surface area contributed by atoms with Crippen molar-refractivity contribution in [3.63, 3.8) is 0 Å². The fourth-order valence-corrected chi connectivity index (χ4v) is 3.24. The molecule has 2 rings (SSSR count). The molecule has 0 spiro atoms. The third kappa shape index (κ3) is 5.03. The maximum atomic E-state index is 12.1. The molecule has 0 heterocycles. The molecule has 3 nitrogen and oxygen atoms in total. The zero-order valence-electron chi connectivity index (χ0n) is 11.9. The van der Waals surface area contributed by atoms with Crippen LogP contribution in [0.4, 0.5) is 0 Å². The van der Waals surface area contributed by atoms with E-state index in [4.69, 9.17) is 28.9 Å². The molecule has 0 radical (unpaired) electrons. The van der Waals surface area contributed by atoms with Crippen molar-refractivity contribution in [3.05, 3.63) is 33.8 Å². The van der Waals surface area contributed by atoms with Crippen LogP contribution in [0.1, 0.15) is 44.2 Å². The lowest BCUT2D eigenvalue weighted by Gasteiger charge is -2.19. The van der Waals surface area contributed by atoms with Crippen LogP contribution < -0.4 is 11.1 Å². The first-order chi connectivity index (χ1) is 9.47. The molecule has 1 unspecified atom stereocenters. The summed E-state index contributed by atoms with van der Waals surface area (Å²) in [6.45, 7) is 1.91. The summed E-state index contributed by atoms with van der Waals surface area (Å²) in [6, 6.07) is 5.27. The molecule has 6 heteroatoms. The van der Waals surface area contributed by atoms with E-state index in [0.29, 0.717) is 22.4 Å². The standard InChI is InChI=1S/C15H20Cl2N2O.ClH/c1-9(12-8-11(16)5-6-13(12)17)19-15(20)7-10-3-2-4-14(10)18;/h5-6,8-10,14H,2-4,7,18H2,1H3,(H,19,20);1H/t9?,10-,14+;/m0./s1. The Labute approximate surface area is 142 Å². The van der Waals surface area contributed by atoms with Crippen LogP contribution in [0.3, 0.4) is 0 Å². The molecule has 1 saturated carbocycles. The van der Waals surface area contributed by atoms with Gasteiger partial charge in [-0.3, -0.25) is 4.79 Å². The van der Waals surface area contributed by atoms with E-state index in [1.807, 2.05) is 6.92 Å². The van der Waals surface area contributed by atoms with Crippen molar-refractivity contribution in [1.29, 1.82) is 0 Å². The third-order valence-electron chi connectivity index (χ3n) is 3.97. The SMILES string of the molecule is CC(NC(=O)C[C@@H]1CCC[C@H]1N)c1cc(Cl)ccc1Cl.Cl. The van der Waals surface area contributed by atoms with Crippen molar-refractivity contribution >= 4 is 41.5 Å². The molecule has 1 fully saturated rings. The quantitative estimate of drug-likeness (QED) is 0.857. The van der Waals surface area contributed by atoms with Gasteiger partial charge in [-0.15, -0.1) is 12.4 Å². The topological polar surface area (TPSA) is 55.1 Å². The first-order valence-corrected chi connectivity index (χ1v) is 7.73. The maximum absolute atomic E-state index is 12.1. The maximum Gasteiger partial charge on any atom is 0.220 e. The van der Waals surface area contributed by atoms with Crippen molar-refractivity contribution < 1.29 is 4.79 Å². The molecule has 118 valence electrons. The number of hydrogen-bond donors (Lipinski definition) is 2. The Morgan fingerprint density at radius 1 is 1.43 bits per heavy atom. The van der Waals surface area contributed by atoms with Gasteiger partial charge in [0.1, 0.15) is 0 Å². The molecule has 0 saturated heterocycles. The van der Waals surface area contributed by atoms with Gasteiger partial charge in [-0.1, -0.05) is 29.6 Å². The lowest BCUT2D eigenvalue weighted by Crippen LogP contribution is -2.33. The second-order valence-corrected chi connectivity index (χ2v) is 6.36. The summed E-state index contributed by atoms with van der Waals surface area (Å²) >= 11 is 12.1. The van der Waals surface area contributed by atoms with Crippen LogP contribution >= 0.6 is 35.6 Å². The first-order valence-electron chi connectivity index (χ1n) is 6.97. The van der Waals surface area contributed by atoms with Crippen LogP contribution in [-0.4, -0.2) is 11.9 Å². The number of hydrogen-bond acceptors (Lipinski definition) is 2. The minimum Gasteiger partial charge on any atom is -0.350 e. The van der Waals surface area contributed by atoms with E-state index in [2.05, 4.69) is 5.32 Å². The number of carbonyl (C=O) groups excluding carboxylic acids is 1. The summed E-state index contributed by atoms with van der Waals surface area (Å²) in [5.74, 6) is 0.327. The highest BCUT2D eigenvalue weighted by molar-refractivity contribution is 6.33. The second kappa shape index (κ2) is 8.23. The molecular formula is C15H21Cl3N2O. The zero-order valence-corrected chi connectivity index (χ0v) is 14.3. The first kappa shape index (κ1) is 18.6. The number of nitrogens with one attached hydrogen (secondary N) is 1. The van der Waals surface area contributed by atoms with Gasteiger partial charge in [-0.05, 0) is 49.4 Å². The Bertz CT molecular complexity index is 496. The number of carbonyl (C=O) groups is 1. The molecule has 0 aromatic heterocycles. The summed E-state index contributed by atoms with van der Waals surface area (Å²) in [7, 11) is 0. The molecule has 1 aromatic carbocycles. The molecular weight excluding hydrogens is 331 g/mol. The number of amides is 1. The fourth-order valence-electron chi connectivity index (χ4n) is 2.78. The van der Waals surface area contributed by atoms with Crippen LogP contribution in [0.5, 0.6) is 0 Å². The van der Waals surface area contributed by atoms with E-state index < -0.39 is 0 Å². The fraction of sp³-hybridized carbons (Fsp3) is 0.533. The van der Waals surface area contributed by atoms with Crippen LogP contribution in [-0.2, 0) is 4.79 Å². The van der Waals surface area contributed by atoms with E-state index in [1.54, 1.807) is 18.2 Å². The van der Waals surface area contributed by atoms with Crippen molar-refractivity contribution in [2.24, 2.45) is 11.7 Å². The molecule has 1 amide bonds. The summed E-state index contributed by atoms with van der Waals surface area (Å²) in [5.41, 5.74) is 6.83. The lowest BCUT2D eigenvalue weighted by atomic mass is 9.99. The van der Waals surface area contributed by atoms with Gasteiger partial charge in [0.25, 0.3) is 0 Å². The number of rotatable bonds is 4. The molecule has 3 atom stereocenters. The molecule has 1 aromatic rings. The average Bonchev–Trinajstić information content (AvgIpc) is 2.77. The highest BCUT2D eigenvalue weighted by atomic mass is 35.5. The second-order valence-electron chi connectivity index (χ2n) is 5.51. The van der Waals surface area contributed by atoms with Gasteiger partial charge < -0.3 is 11.1 Å². The highest BCUT2D eigenvalue weighted by Gasteiger charge is 2.26. The lowest BCUT2D eigenvalue weighted by molar-refractivity contribution is -0.122. The van der Waals surface area contributed by atoms with Crippen molar-refractivity contribution in [2.45, 2.75) is 44.7 Å². The molecule has 21 heavy (non-hydrogen) atoms. The van der Waals surface area contributed by atoms with E-state index in [9.17, 15) is 4.79 Å². The van der Waals surface area contributed by atoms with Gasteiger partial charge in [-0.25, -0.2) is 0 Å².